The molecule has 1 saturated heterocycles. The summed E-state index contributed by atoms with van der Waals surface area (Å²) in [6.07, 6.45) is 1.82. The fourth-order valence-corrected chi connectivity index (χ4v) is 3.79. The van der Waals surface area contributed by atoms with Crippen LogP contribution in [0.3, 0.4) is 0 Å². The van der Waals surface area contributed by atoms with Crippen LogP contribution in [0.25, 0.3) is 11.5 Å². The van der Waals surface area contributed by atoms with E-state index < -0.39 is 0 Å². The van der Waals surface area contributed by atoms with Crippen molar-refractivity contribution in [1.82, 2.24) is 15.1 Å². The maximum Gasteiger partial charge on any atom is 0.253 e. The van der Waals surface area contributed by atoms with Crippen molar-refractivity contribution in [2.45, 2.75) is 25.7 Å². The van der Waals surface area contributed by atoms with E-state index in [1.54, 1.807) is 0 Å². The minimum Gasteiger partial charge on any atom is -0.454 e. The van der Waals surface area contributed by atoms with Crippen molar-refractivity contribution in [3.8, 4) is 23.0 Å². The number of nitrogens with zero attached hydrogens (tertiary/aromatic N) is 3. The molecular weight excluding hydrogens is 370 g/mol. The number of ether oxygens (including phenoxy) is 2. The van der Waals surface area contributed by atoms with E-state index in [0.29, 0.717) is 35.4 Å². The van der Waals surface area contributed by atoms with E-state index in [0.717, 1.165) is 30.5 Å². The molecule has 0 bridgehead atoms. The van der Waals surface area contributed by atoms with Gasteiger partial charge in [-0.25, -0.2) is 0 Å². The quantitative estimate of drug-likeness (QED) is 0.676. The second-order valence-corrected chi connectivity index (χ2v) is 7.47. The third kappa shape index (κ3) is 3.44. The van der Waals surface area contributed by atoms with Gasteiger partial charge in [0.1, 0.15) is 0 Å². The topological polar surface area (TPSA) is 77.7 Å². The largest absolute Gasteiger partial charge is 0.454 e. The van der Waals surface area contributed by atoms with Gasteiger partial charge in [-0.15, -0.1) is 10.2 Å². The van der Waals surface area contributed by atoms with Gasteiger partial charge in [0.2, 0.25) is 18.6 Å². The number of aryl methyl sites for hydroxylation is 1. The fraction of sp³-hybridized carbons (Fsp3) is 0.318. The van der Waals surface area contributed by atoms with Crippen LogP contribution in [0.1, 0.15) is 40.6 Å². The van der Waals surface area contributed by atoms with Gasteiger partial charge in [0, 0.05) is 24.2 Å². The normalized spacial score (nSPS) is 18.1. The van der Waals surface area contributed by atoms with Crippen LogP contribution in [0.15, 0.2) is 46.9 Å². The first-order chi connectivity index (χ1) is 14.2. The lowest BCUT2D eigenvalue weighted by atomic mass is 9.97. The highest BCUT2D eigenvalue weighted by atomic mass is 16.7. The van der Waals surface area contributed by atoms with Crippen molar-refractivity contribution in [1.29, 1.82) is 0 Å². The molecule has 1 atom stereocenters. The van der Waals surface area contributed by atoms with Crippen LogP contribution < -0.4 is 9.47 Å². The van der Waals surface area contributed by atoms with Crippen LogP contribution in [-0.2, 0) is 0 Å². The molecule has 1 aromatic heterocycles. The van der Waals surface area contributed by atoms with Gasteiger partial charge in [-0.05, 0) is 50.1 Å². The number of fused-ring (bicyclic) bond motifs is 1. The van der Waals surface area contributed by atoms with Crippen LogP contribution >= 0.6 is 0 Å². The summed E-state index contributed by atoms with van der Waals surface area (Å²) >= 11 is 0. The predicted octanol–water partition coefficient (Wildman–Crippen LogP) is 3.79. The van der Waals surface area contributed by atoms with Crippen LogP contribution in [0.5, 0.6) is 11.5 Å². The number of benzene rings is 2. The highest BCUT2D eigenvalue weighted by molar-refractivity contribution is 5.94. The number of carbonyl (C=O) groups is 1. The number of hydrogen-bond acceptors (Lipinski definition) is 6. The Morgan fingerprint density at radius 2 is 1.90 bits per heavy atom. The Morgan fingerprint density at radius 1 is 1.07 bits per heavy atom. The highest BCUT2D eigenvalue weighted by Gasteiger charge is 2.29. The summed E-state index contributed by atoms with van der Waals surface area (Å²) in [5.41, 5.74) is 2.64. The molecule has 7 nitrogen and oxygen atoms in total. The molecule has 0 saturated carbocycles. The van der Waals surface area contributed by atoms with Crippen LogP contribution in [0.4, 0.5) is 0 Å². The molecule has 2 aromatic carbocycles. The Hall–Kier alpha value is -3.35. The molecule has 29 heavy (non-hydrogen) atoms. The number of likely N-dealkylation sites (tertiary alicyclic amines) is 1. The Kier molecular flexibility index (Phi) is 4.42. The summed E-state index contributed by atoms with van der Waals surface area (Å²) in [4.78, 5) is 14.7. The Morgan fingerprint density at radius 3 is 2.76 bits per heavy atom. The summed E-state index contributed by atoms with van der Waals surface area (Å²) in [5.74, 6) is 2.48. The molecule has 0 aliphatic carbocycles. The first-order valence-electron chi connectivity index (χ1n) is 9.77. The van der Waals surface area contributed by atoms with Crippen molar-refractivity contribution in [3.63, 3.8) is 0 Å². The Labute approximate surface area is 168 Å². The van der Waals surface area contributed by atoms with E-state index >= 15 is 0 Å². The minimum absolute atomic E-state index is 0.0356. The van der Waals surface area contributed by atoms with Crippen molar-refractivity contribution < 1.29 is 18.7 Å². The van der Waals surface area contributed by atoms with Crippen molar-refractivity contribution >= 4 is 5.91 Å². The average molecular weight is 391 g/mol. The summed E-state index contributed by atoms with van der Waals surface area (Å²) in [6.45, 7) is 3.56. The molecule has 1 fully saturated rings. The SMILES string of the molecule is Cc1ccc(C(=O)N2CCCC(c3nnc(-c4ccc5c(c4)OCO5)o3)C2)cc1. The van der Waals surface area contributed by atoms with Crippen molar-refractivity contribution in [2.75, 3.05) is 19.9 Å². The molecule has 2 aliphatic rings. The molecule has 0 radical (unpaired) electrons. The molecule has 0 spiro atoms. The van der Waals surface area contributed by atoms with Crippen LogP contribution in [-0.4, -0.2) is 40.9 Å². The summed E-state index contributed by atoms with van der Waals surface area (Å²) < 4.78 is 16.7. The Bertz CT molecular complexity index is 1040. The predicted molar refractivity (Wildman–Crippen MR) is 105 cm³/mol. The van der Waals surface area contributed by atoms with Gasteiger partial charge in [0.25, 0.3) is 5.91 Å². The maximum atomic E-state index is 12.9. The molecule has 0 N–H and O–H groups in total. The first-order valence-corrected chi connectivity index (χ1v) is 9.77. The zero-order valence-corrected chi connectivity index (χ0v) is 16.1. The second kappa shape index (κ2) is 7.24. The van der Waals surface area contributed by atoms with Gasteiger partial charge in [0.15, 0.2) is 11.5 Å². The standard InChI is InChI=1S/C22H21N3O4/c1-14-4-6-15(7-5-14)22(26)25-10-2-3-17(12-25)21-24-23-20(29-21)16-8-9-18-19(11-16)28-13-27-18/h4-9,11,17H,2-3,10,12-13H2,1H3. The van der Waals surface area contributed by atoms with E-state index in [4.69, 9.17) is 13.9 Å². The van der Waals surface area contributed by atoms with E-state index in [2.05, 4.69) is 10.2 Å². The number of aromatic nitrogens is 2. The maximum absolute atomic E-state index is 12.9. The lowest BCUT2D eigenvalue weighted by molar-refractivity contribution is 0.0698. The van der Waals surface area contributed by atoms with E-state index in [1.807, 2.05) is 54.3 Å². The zero-order chi connectivity index (χ0) is 19.8. The third-order valence-electron chi connectivity index (χ3n) is 5.42. The highest BCUT2D eigenvalue weighted by Crippen LogP contribution is 2.36. The molecule has 1 amide bonds. The second-order valence-electron chi connectivity index (χ2n) is 7.47. The number of rotatable bonds is 3. The fourth-order valence-electron chi connectivity index (χ4n) is 3.79. The molecule has 148 valence electrons. The van der Waals surface area contributed by atoms with Gasteiger partial charge in [-0.2, -0.15) is 0 Å². The number of amides is 1. The van der Waals surface area contributed by atoms with Gasteiger partial charge in [-0.1, -0.05) is 17.7 Å². The van der Waals surface area contributed by atoms with E-state index in [1.165, 1.54) is 0 Å². The minimum atomic E-state index is 0.0356. The molecule has 3 heterocycles. The zero-order valence-electron chi connectivity index (χ0n) is 16.1. The van der Waals surface area contributed by atoms with Crippen molar-refractivity contribution in [3.05, 3.63) is 59.5 Å². The van der Waals surface area contributed by atoms with E-state index in [9.17, 15) is 4.79 Å². The molecule has 7 heteroatoms. The molecule has 3 aromatic rings. The monoisotopic (exact) mass is 391 g/mol. The number of piperidine rings is 1. The first kappa shape index (κ1) is 17.7. The van der Waals surface area contributed by atoms with Crippen LogP contribution in [0.2, 0.25) is 0 Å². The summed E-state index contributed by atoms with van der Waals surface area (Å²) in [5, 5.41) is 8.47. The van der Waals surface area contributed by atoms with Gasteiger partial charge in [0.05, 0.1) is 5.92 Å². The molecule has 5 rings (SSSR count). The average Bonchev–Trinajstić information content (AvgIpc) is 3.43. The molecule has 1 unspecified atom stereocenters. The smallest absolute Gasteiger partial charge is 0.253 e. The van der Waals surface area contributed by atoms with Gasteiger partial charge < -0.3 is 18.8 Å². The third-order valence-corrected chi connectivity index (χ3v) is 5.42. The number of carbonyl (C=O) groups excluding carboxylic acids is 1. The van der Waals surface area contributed by atoms with Gasteiger partial charge in [-0.3, -0.25) is 4.79 Å². The molecule has 2 aliphatic heterocycles. The van der Waals surface area contributed by atoms with E-state index in [-0.39, 0.29) is 18.6 Å². The number of hydrogen-bond donors (Lipinski definition) is 0. The Balaban J connectivity index is 1.32. The summed E-state index contributed by atoms with van der Waals surface area (Å²) in [6, 6.07) is 13.2. The molecular formula is C22H21N3O4. The van der Waals surface area contributed by atoms with Gasteiger partial charge >= 0.3 is 0 Å². The lowest BCUT2D eigenvalue weighted by Gasteiger charge is -2.31. The van der Waals surface area contributed by atoms with Crippen molar-refractivity contribution in [2.24, 2.45) is 0 Å². The lowest BCUT2D eigenvalue weighted by Crippen LogP contribution is -2.39. The summed E-state index contributed by atoms with van der Waals surface area (Å²) in [7, 11) is 0. The van der Waals surface area contributed by atoms with Crippen LogP contribution in [0, 0.1) is 6.92 Å².